The summed E-state index contributed by atoms with van der Waals surface area (Å²) in [6, 6.07) is 11.0. The molecule has 0 unspecified atom stereocenters. The Labute approximate surface area is 119 Å². The van der Waals surface area contributed by atoms with E-state index in [1.54, 1.807) is 18.3 Å². The molecule has 3 rings (SSSR count). The number of benzene rings is 1. The number of hydrogen-bond donors (Lipinski definition) is 2. The van der Waals surface area contributed by atoms with E-state index in [4.69, 9.17) is 22.5 Å². The summed E-state index contributed by atoms with van der Waals surface area (Å²) in [5.74, 6) is 0.0601. The van der Waals surface area contributed by atoms with Crippen molar-refractivity contribution in [3.05, 3.63) is 59.4 Å². The van der Waals surface area contributed by atoms with E-state index >= 15 is 0 Å². The van der Waals surface area contributed by atoms with Crippen molar-refractivity contribution in [1.82, 2.24) is 9.38 Å². The molecule has 3 N–H and O–H groups in total. The van der Waals surface area contributed by atoms with E-state index in [1.807, 2.05) is 34.9 Å². The first kappa shape index (κ1) is 12.5. The van der Waals surface area contributed by atoms with Gasteiger partial charge in [0.15, 0.2) is 5.84 Å². The molecule has 0 saturated heterocycles. The molecule has 20 heavy (non-hydrogen) atoms. The Morgan fingerprint density at radius 3 is 2.85 bits per heavy atom. The number of fused-ring (bicyclic) bond motifs is 1. The summed E-state index contributed by atoms with van der Waals surface area (Å²) in [5.41, 5.74) is 8.71. The van der Waals surface area contributed by atoms with Crippen LogP contribution in [0, 0.1) is 0 Å². The summed E-state index contributed by atoms with van der Waals surface area (Å²) < 4.78 is 1.82. The molecule has 0 spiro atoms. The van der Waals surface area contributed by atoms with E-state index in [1.165, 1.54) is 0 Å². The fourth-order valence-corrected chi connectivity index (χ4v) is 2.18. The van der Waals surface area contributed by atoms with Crippen LogP contribution in [0.2, 0.25) is 5.02 Å². The van der Waals surface area contributed by atoms with Gasteiger partial charge in [0, 0.05) is 28.5 Å². The maximum absolute atomic E-state index is 8.70. The Hall–Kier alpha value is -2.53. The van der Waals surface area contributed by atoms with E-state index in [2.05, 4.69) is 10.1 Å². The molecule has 0 fully saturated rings. The summed E-state index contributed by atoms with van der Waals surface area (Å²) in [6.45, 7) is 0. The number of nitrogens with two attached hydrogens (primary N) is 1. The first-order chi connectivity index (χ1) is 9.67. The fraction of sp³-hybridized carbons (Fsp3) is 0. The predicted molar refractivity (Wildman–Crippen MR) is 78.1 cm³/mol. The number of aromatic nitrogens is 2. The van der Waals surface area contributed by atoms with Crippen LogP contribution in [0.3, 0.4) is 0 Å². The van der Waals surface area contributed by atoms with Crippen LogP contribution in [0.25, 0.3) is 16.9 Å². The van der Waals surface area contributed by atoms with E-state index in [0.29, 0.717) is 10.6 Å². The van der Waals surface area contributed by atoms with Crippen molar-refractivity contribution in [2.75, 3.05) is 0 Å². The molecule has 0 aliphatic heterocycles. The van der Waals surface area contributed by atoms with Crippen molar-refractivity contribution in [2.45, 2.75) is 0 Å². The van der Waals surface area contributed by atoms with Gasteiger partial charge in [-0.25, -0.2) is 4.98 Å². The molecular formula is C14H11ClN4O. The highest BCUT2D eigenvalue weighted by Gasteiger charge is 2.07. The number of rotatable bonds is 2. The lowest BCUT2D eigenvalue weighted by Gasteiger charge is -1.98. The number of imidazole rings is 1. The minimum absolute atomic E-state index is 0.0601. The van der Waals surface area contributed by atoms with Crippen LogP contribution >= 0.6 is 11.6 Å². The van der Waals surface area contributed by atoms with Gasteiger partial charge in [0.2, 0.25) is 0 Å². The third kappa shape index (κ3) is 2.19. The quantitative estimate of drug-likeness (QED) is 0.329. The number of oxime groups is 1. The highest BCUT2D eigenvalue weighted by atomic mass is 35.5. The summed E-state index contributed by atoms with van der Waals surface area (Å²) in [7, 11) is 0. The molecule has 2 aromatic heterocycles. The number of pyridine rings is 1. The molecule has 2 heterocycles. The maximum atomic E-state index is 8.70. The Balaban J connectivity index is 2.11. The zero-order chi connectivity index (χ0) is 14.1. The smallest absolute Gasteiger partial charge is 0.171 e. The van der Waals surface area contributed by atoms with Crippen molar-refractivity contribution in [1.29, 1.82) is 0 Å². The van der Waals surface area contributed by atoms with Crippen molar-refractivity contribution in [3.63, 3.8) is 0 Å². The van der Waals surface area contributed by atoms with Gasteiger partial charge in [-0.1, -0.05) is 28.9 Å². The van der Waals surface area contributed by atoms with Gasteiger partial charge < -0.3 is 15.3 Å². The van der Waals surface area contributed by atoms with Crippen molar-refractivity contribution in [3.8, 4) is 11.3 Å². The lowest BCUT2D eigenvalue weighted by atomic mass is 10.2. The topological polar surface area (TPSA) is 75.9 Å². The molecule has 3 aromatic rings. The zero-order valence-electron chi connectivity index (χ0n) is 10.4. The van der Waals surface area contributed by atoms with Gasteiger partial charge in [-0.3, -0.25) is 0 Å². The van der Waals surface area contributed by atoms with Crippen LogP contribution in [-0.2, 0) is 0 Å². The standard InChI is InChI=1S/C14H11ClN4O/c15-11-3-1-2-9(6-11)12-8-19-7-10(14(16)18-20)4-5-13(19)17-12/h1-8,20H,(H2,16,18). The second-order valence-corrected chi connectivity index (χ2v) is 4.74. The van der Waals surface area contributed by atoms with Crippen LogP contribution < -0.4 is 5.73 Å². The largest absolute Gasteiger partial charge is 0.409 e. The van der Waals surface area contributed by atoms with Gasteiger partial charge >= 0.3 is 0 Å². The summed E-state index contributed by atoms with van der Waals surface area (Å²) in [4.78, 5) is 4.51. The minimum atomic E-state index is 0.0601. The average Bonchev–Trinajstić information content (AvgIpc) is 2.89. The summed E-state index contributed by atoms with van der Waals surface area (Å²) >= 11 is 5.98. The Bertz CT molecular complexity index is 810. The molecule has 1 aromatic carbocycles. The molecule has 100 valence electrons. The fourth-order valence-electron chi connectivity index (χ4n) is 1.99. The highest BCUT2D eigenvalue weighted by Crippen LogP contribution is 2.22. The van der Waals surface area contributed by atoms with Crippen LogP contribution in [0.5, 0.6) is 0 Å². The molecule has 0 amide bonds. The Morgan fingerprint density at radius 2 is 2.10 bits per heavy atom. The van der Waals surface area contributed by atoms with E-state index in [9.17, 15) is 0 Å². The second-order valence-electron chi connectivity index (χ2n) is 4.30. The van der Waals surface area contributed by atoms with Gasteiger partial charge in [-0.2, -0.15) is 0 Å². The summed E-state index contributed by atoms with van der Waals surface area (Å²) in [6.07, 6.45) is 3.63. The van der Waals surface area contributed by atoms with Gasteiger partial charge in [-0.15, -0.1) is 0 Å². The number of nitrogens with zero attached hydrogens (tertiary/aromatic N) is 3. The first-order valence-electron chi connectivity index (χ1n) is 5.90. The molecule has 0 bridgehead atoms. The number of amidine groups is 1. The monoisotopic (exact) mass is 286 g/mol. The van der Waals surface area contributed by atoms with Crippen LogP contribution in [-0.4, -0.2) is 20.4 Å². The molecule has 0 saturated carbocycles. The Kier molecular flexibility index (Phi) is 3.04. The van der Waals surface area contributed by atoms with E-state index < -0.39 is 0 Å². The molecule has 0 aliphatic rings. The maximum Gasteiger partial charge on any atom is 0.171 e. The van der Waals surface area contributed by atoms with Crippen molar-refractivity contribution < 1.29 is 5.21 Å². The van der Waals surface area contributed by atoms with Gasteiger partial charge in [0.25, 0.3) is 0 Å². The Morgan fingerprint density at radius 1 is 1.25 bits per heavy atom. The SMILES string of the molecule is N/C(=N\O)c1ccc2nc(-c3cccc(Cl)c3)cn2c1. The van der Waals surface area contributed by atoms with E-state index in [-0.39, 0.29) is 5.84 Å². The third-order valence-corrected chi connectivity index (χ3v) is 3.21. The average molecular weight is 287 g/mol. The lowest BCUT2D eigenvalue weighted by molar-refractivity contribution is 0.318. The summed E-state index contributed by atoms with van der Waals surface area (Å²) in [5, 5.41) is 12.3. The molecular weight excluding hydrogens is 276 g/mol. The minimum Gasteiger partial charge on any atom is -0.409 e. The third-order valence-electron chi connectivity index (χ3n) is 2.97. The molecule has 0 radical (unpaired) electrons. The van der Waals surface area contributed by atoms with Crippen molar-refractivity contribution >= 4 is 23.1 Å². The van der Waals surface area contributed by atoms with Crippen LogP contribution in [0.1, 0.15) is 5.56 Å². The van der Waals surface area contributed by atoms with Crippen LogP contribution in [0.15, 0.2) is 53.9 Å². The van der Waals surface area contributed by atoms with Gasteiger partial charge in [0.05, 0.1) is 5.69 Å². The number of hydrogen-bond acceptors (Lipinski definition) is 3. The molecule has 6 heteroatoms. The predicted octanol–water partition coefficient (Wildman–Crippen LogP) is 2.75. The molecule has 0 atom stereocenters. The highest BCUT2D eigenvalue weighted by molar-refractivity contribution is 6.30. The second kappa shape index (κ2) is 4.86. The van der Waals surface area contributed by atoms with E-state index in [0.717, 1.165) is 16.9 Å². The van der Waals surface area contributed by atoms with Gasteiger partial charge in [-0.05, 0) is 24.3 Å². The molecule has 5 nitrogen and oxygen atoms in total. The normalized spacial score (nSPS) is 11.9. The number of halogens is 1. The zero-order valence-corrected chi connectivity index (χ0v) is 11.1. The first-order valence-corrected chi connectivity index (χ1v) is 6.28. The van der Waals surface area contributed by atoms with Crippen molar-refractivity contribution in [2.24, 2.45) is 10.9 Å². The van der Waals surface area contributed by atoms with Gasteiger partial charge in [0.1, 0.15) is 5.65 Å². The molecule has 0 aliphatic carbocycles. The van der Waals surface area contributed by atoms with Crippen LogP contribution in [0.4, 0.5) is 0 Å². The lowest BCUT2D eigenvalue weighted by Crippen LogP contribution is -2.13.